The lowest BCUT2D eigenvalue weighted by atomic mass is 10.2. The average Bonchev–Trinajstić information content (AvgIpc) is 3.01. The average molecular weight is 196 g/mol. The number of hydrogen-bond donors (Lipinski definition) is 0. The van der Waals surface area contributed by atoms with E-state index in [0.29, 0.717) is 0 Å². The second-order valence-electron chi connectivity index (χ2n) is 4.27. The lowest BCUT2D eigenvalue weighted by Gasteiger charge is -2.02. The van der Waals surface area contributed by atoms with Crippen LogP contribution in [0.5, 0.6) is 0 Å². The molecule has 1 aliphatic carbocycles. The molecule has 1 heterocycles. The molecule has 2 nitrogen and oxygen atoms in total. The predicted octanol–water partition coefficient (Wildman–Crippen LogP) is 2.92. The van der Waals surface area contributed by atoms with Crippen molar-refractivity contribution in [2.45, 2.75) is 19.4 Å². The topological polar surface area (TPSA) is 28.7 Å². The Morgan fingerprint density at radius 3 is 2.87 bits per heavy atom. The minimum absolute atomic E-state index is 0.797. The Labute approximate surface area is 88.7 Å². The Balaban J connectivity index is 2.16. The van der Waals surface area contributed by atoms with Gasteiger partial charge in [-0.05, 0) is 24.8 Å². The first-order valence-electron chi connectivity index (χ1n) is 5.36. The molecule has 3 rings (SSSR count). The number of nitrogens with zero attached hydrogens (tertiary/aromatic N) is 2. The molecule has 0 spiro atoms. The summed E-state index contributed by atoms with van der Waals surface area (Å²) in [5.74, 6) is 0.840. The third-order valence-corrected chi connectivity index (χ3v) is 3.06. The lowest BCUT2D eigenvalue weighted by Crippen LogP contribution is -1.96. The maximum Gasteiger partial charge on any atom is 0.101 e. The van der Waals surface area contributed by atoms with Gasteiger partial charge in [-0.2, -0.15) is 5.26 Å². The Morgan fingerprint density at radius 2 is 2.13 bits per heavy atom. The summed E-state index contributed by atoms with van der Waals surface area (Å²) in [5, 5.41) is 10.1. The summed E-state index contributed by atoms with van der Waals surface area (Å²) in [6, 6.07) is 10.4. The van der Waals surface area contributed by atoms with E-state index in [4.69, 9.17) is 5.26 Å². The highest BCUT2D eigenvalue weighted by Gasteiger charge is 2.22. The van der Waals surface area contributed by atoms with E-state index in [1.54, 1.807) is 0 Å². The van der Waals surface area contributed by atoms with Gasteiger partial charge in [0.25, 0.3) is 0 Å². The first kappa shape index (κ1) is 8.55. The Hall–Kier alpha value is -1.75. The van der Waals surface area contributed by atoms with Gasteiger partial charge < -0.3 is 4.57 Å². The van der Waals surface area contributed by atoms with E-state index in [0.717, 1.165) is 23.4 Å². The minimum atomic E-state index is 0.797. The van der Waals surface area contributed by atoms with Gasteiger partial charge in [0.15, 0.2) is 0 Å². The summed E-state index contributed by atoms with van der Waals surface area (Å²) >= 11 is 0. The molecule has 15 heavy (non-hydrogen) atoms. The van der Waals surface area contributed by atoms with Gasteiger partial charge in [-0.1, -0.05) is 18.2 Å². The van der Waals surface area contributed by atoms with E-state index < -0.39 is 0 Å². The number of fused-ring (bicyclic) bond motifs is 1. The van der Waals surface area contributed by atoms with Gasteiger partial charge in [0, 0.05) is 23.6 Å². The van der Waals surface area contributed by atoms with Crippen molar-refractivity contribution >= 4 is 10.9 Å². The summed E-state index contributed by atoms with van der Waals surface area (Å²) in [6.07, 6.45) is 4.67. The molecule has 0 aliphatic heterocycles. The van der Waals surface area contributed by atoms with Crippen molar-refractivity contribution in [2.24, 2.45) is 5.92 Å². The monoisotopic (exact) mass is 196 g/mol. The van der Waals surface area contributed by atoms with Crippen LogP contribution in [0.25, 0.3) is 10.9 Å². The van der Waals surface area contributed by atoms with Gasteiger partial charge in [-0.15, -0.1) is 0 Å². The summed E-state index contributed by atoms with van der Waals surface area (Å²) in [7, 11) is 0. The maximum atomic E-state index is 9.04. The zero-order valence-corrected chi connectivity index (χ0v) is 8.48. The Morgan fingerprint density at radius 1 is 1.33 bits per heavy atom. The van der Waals surface area contributed by atoms with Crippen molar-refractivity contribution in [3.8, 4) is 6.07 Å². The molecule has 0 unspecified atom stereocenters. The van der Waals surface area contributed by atoms with Gasteiger partial charge in [-0.25, -0.2) is 0 Å². The molecular formula is C13H12N2. The van der Waals surface area contributed by atoms with E-state index in [9.17, 15) is 0 Å². The molecule has 0 saturated heterocycles. The predicted molar refractivity (Wildman–Crippen MR) is 59.4 cm³/mol. The standard InChI is InChI=1S/C13H12N2/c14-7-11-9-15(8-10-5-6-10)13-4-2-1-3-12(11)13/h1-4,9-10H,5-6,8H2. The highest BCUT2D eigenvalue weighted by molar-refractivity contribution is 5.86. The van der Waals surface area contributed by atoms with Crippen molar-refractivity contribution in [3.05, 3.63) is 36.0 Å². The van der Waals surface area contributed by atoms with E-state index in [1.165, 1.54) is 18.4 Å². The minimum Gasteiger partial charge on any atom is -0.346 e. The largest absolute Gasteiger partial charge is 0.346 e. The fraction of sp³-hybridized carbons (Fsp3) is 0.308. The molecule has 0 N–H and O–H groups in total. The van der Waals surface area contributed by atoms with Crippen molar-refractivity contribution in [3.63, 3.8) is 0 Å². The molecule has 0 radical (unpaired) electrons. The van der Waals surface area contributed by atoms with Gasteiger partial charge in [0.1, 0.15) is 6.07 Å². The van der Waals surface area contributed by atoms with E-state index in [-0.39, 0.29) is 0 Å². The Kier molecular flexibility index (Phi) is 1.78. The van der Waals surface area contributed by atoms with Crippen LogP contribution < -0.4 is 0 Å². The number of benzene rings is 1. The summed E-state index contributed by atoms with van der Waals surface area (Å²) < 4.78 is 2.23. The van der Waals surface area contributed by atoms with Crippen LogP contribution in [0.3, 0.4) is 0 Å². The lowest BCUT2D eigenvalue weighted by molar-refractivity contribution is 0.647. The summed E-state index contributed by atoms with van der Waals surface area (Å²) in [5.41, 5.74) is 1.99. The van der Waals surface area contributed by atoms with Crippen molar-refractivity contribution in [1.82, 2.24) is 4.57 Å². The van der Waals surface area contributed by atoms with Gasteiger partial charge in [-0.3, -0.25) is 0 Å². The molecule has 2 heteroatoms. The molecular weight excluding hydrogens is 184 g/mol. The molecule has 0 atom stereocenters. The highest BCUT2D eigenvalue weighted by atomic mass is 15.0. The normalized spacial score (nSPS) is 15.4. The fourth-order valence-corrected chi connectivity index (χ4v) is 2.07. The smallest absolute Gasteiger partial charge is 0.101 e. The first-order valence-corrected chi connectivity index (χ1v) is 5.36. The molecule has 74 valence electrons. The van der Waals surface area contributed by atoms with E-state index in [2.05, 4.69) is 16.7 Å². The number of hydrogen-bond acceptors (Lipinski definition) is 1. The molecule has 1 aromatic heterocycles. The molecule has 1 saturated carbocycles. The Bertz CT molecular complexity index is 541. The third kappa shape index (κ3) is 1.41. The number of nitriles is 1. The second kappa shape index (κ2) is 3.13. The van der Waals surface area contributed by atoms with Crippen LogP contribution >= 0.6 is 0 Å². The van der Waals surface area contributed by atoms with Crippen LogP contribution in [-0.4, -0.2) is 4.57 Å². The zero-order chi connectivity index (χ0) is 10.3. The quantitative estimate of drug-likeness (QED) is 0.726. The van der Waals surface area contributed by atoms with Gasteiger partial charge in [0.05, 0.1) is 5.56 Å². The van der Waals surface area contributed by atoms with Crippen LogP contribution in [0.15, 0.2) is 30.5 Å². The van der Waals surface area contributed by atoms with Gasteiger partial charge >= 0.3 is 0 Å². The van der Waals surface area contributed by atoms with Crippen molar-refractivity contribution in [2.75, 3.05) is 0 Å². The number of aromatic nitrogens is 1. The van der Waals surface area contributed by atoms with Crippen LogP contribution in [0, 0.1) is 17.2 Å². The van der Waals surface area contributed by atoms with Gasteiger partial charge in [0.2, 0.25) is 0 Å². The number of rotatable bonds is 2. The van der Waals surface area contributed by atoms with Crippen molar-refractivity contribution < 1.29 is 0 Å². The highest BCUT2D eigenvalue weighted by Crippen LogP contribution is 2.32. The van der Waals surface area contributed by atoms with E-state index >= 15 is 0 Å². The molecule has 1 fully saturated rings. The first-order chi connectivity index (χ1) is 7.38. The zero-order valence-electron chi connectivity index (χ0n) is 8.48. The van der Waals surface area contributed by atoms with Crippen molar-refractivity contribution in [1.29, 1.82) is 5.26 Å². The third-order valence-electron chi connectivity index (χ3n) is 3.06. The second-order valence-corrected chi connectivity index (χ2v) is 4.27. The molecule has 0 bridgehead atoms. The SMILES string of the molecule is N#Cc1cn(CC2CC2)c2ccccc12. The van der Waals surface area contributed by atoms with E-state index in [1.807, 2.05) is 24.4 Å². The number of para-hydroxylation sites is 1. The molecule has 0 amide bonds. The summed E-state index contributed by atoms with van der Waals surface area (Å²) in [4.78, 5) is 0. The van der Waals surface area contributed by atoms with Crippen LogP contribution in [0.4, 0.5) is 0 Å². The fourth-order valence-electron chi connectivity index (χ4n) is 2.07. The summed E-state index contributed by atoms with van der Waals surface area (Å²) in [6.45, 7) is 1.07. The van der Waals surface area contributed by atoms with Crippen LogP contribution in [0.2, 0.25) is 0 Å². The molecule has 1 aromatic carbocycles. The van der Waals surface area contributed by atoms with Crippen LogP contribution in [-0.2, 0) is 6.54 Å². The van der Waals surface area contributed by atoms with Crippen LogP contribution in [0.1, 0.15) is 18.4 Å². The maximum absolute atomic E-state index is 9.04. The molecule has 2 aromatic rings. The molecule has 1 aliphatic rings.